The summed E-state index contributed by atoms with van der Waals surface area (Å²) < 4.78 is 11.2. The van der Waals surface area contributed by atoms with Crippen LogP contribution < -0.4 is 5.32 Å². The second-order valence-corrected chi connectivity index (χ2v) is 6.61. The molecule has 0 spiro atoms. The zero-order valence-electron chi connectivity index (χ0n) is 15.9. The summed E-state index contributed by atoms with van der Waals surface area (Å²) in [5.74, 6) is -0.0158. The van der Waals surface area contributed by atoms with E-state index in [4.69, 9.17) is 9.47 Å². The van der Waals surface area contributed by atoms with Crippen LogP contribution in [0.3, 0.4) is 0 Å². The maximum Gasteiger partial charge on any atom is 0.220 e. The molecule has 0 saturated carbocycles. The first kappa shape index (κ1) is 21.3. The van der Waals surface area contributed by atoms with Gasteiger partial charge in [-0.2, -0.15) is 0 Å². The number of nitrogens with one attached hydrogen (secondary N) is 1. The van der Waals surface area contributed by atoms with E-state index in [2.05, 4.69) is 10.5 Å². The molecule has 0 saturated heterocycles. The van der Waals surface area contributed by atoms with Gasteiger partial charge in [0.15, 0.2) is 0 Å². The molecule has 0 radical (unpaired) electrons. The Kier molecular flexibility index (Phi) is 9.38. The summed E-state index contributed by atoms with van der Waals surface area (Å²) >= 11 is 0. The van der Waals surface area contributed by atoms with Crippen LogP contribution in [0.2, 0.25) is 0 Å². The molecule has 1 amide bonds. The van der Waals surface area contributed by atoms with Gasteiger partial charge in [0, 0.05) is 31.1 Å². The van der Waals surface area contributed by atoms with Gasteiger partial charge in [-0.3, -0.25) is 4.79 Å². The lowest BCUT2D eigenvalue weighted by Gasteiger charge is -2.18. The molecule has 0 aliphatic heterocycles. The Morgan fingerprint density at radius 3 is 2.60 bits per heavy atom. The third-order valence-corrected chi connectivity index (χ3v) is 3.59. The van der Waals surface area contributed by atoms with Crippen molar-refractivity contribution in [3.63, 3.8) is 0 Å². The lowest BCUT2D eigenvalue weighted by molar-refractivity contribution is -0.121. The normalized spacial score (nSPS) is 13.5. The van der Waals surface area contributed by atoms with Gasteiger partial charge in [0.25, 0.3) is 0 Å². The molecule has 0 fully saturated rings. The number of ether oxygens (including phenoxy) is 2. The first-order valence-corrected chi connectivity index (χ1v) is 8.83. The molecule has 0 aliphatic carbocycles. The second kappa shape index (κ2) is 11.0. The average molecular weight is 348 g/mol. The first-order valence-electron chi connectivity index (χ1n) is 8.83. The van der Waals surface area contributed by atoms with Crippen molar-refractivity contribution in [1.82, 2.24) is 5.32 Å². The summed E-state index contributed by atoms with van der Waals surface area (Å²) in [5.41, 5.74) is 2.02. The van der Waals surface area contributed by atoms with Gasteiger partial charge in [-0.25, -0.2) is 0 Å². The fourth-order valence-corrected chi connectivity index (χ4v) is 2.45. The number of amides is 1. The molecule has 138 valence electrons. The van der Waals surface area contributed by atoms with Gasteiger partial charge in [-0.05, 0) is 57.0 Å². The van der Waals surface area contributed by atoms with Crippen LogP contribution in [0.25, 0.3) is 0 Å². The molecule has 0 heterocycles. The summed E-state index contributed by atoms with van der Waals surface area (Å²) in [6.45, 7) is 8.76. The van der Waals surface area contributed by atoms with Crippen LogP contribution in [0.1, 0.15) is 57.8 Å². The quantitative estimate of drug-likeness (QED) is 0.379. The van der Waals surface area contributed by atoms with E-state index in [1.165, 1.54) is 0 Å². The number of benzene rings is 1. The third kappa shape index (κ3) is 8.27. The molecular weight excluding hydrogens is 319 g/mol. The lowest BCUT2D eigenvalue weighted by atomic mass is 10.0. The first-order chi connectivity index (χ1) is 11.8. The monoisotopic (exact) mass is 348 g/mol. The van der Waals surface area contributed by atoms with Gasteiger partial charge < -0.3 is 14.8 Å². The number of rotatable bonds is 11. The Labute approximate surface area is 151 Å². The molecule has 6 nitrogen and oxygen atoms in total. The molecule has 7 heteroatoms. The van der Waals surface area contributed by atoms with Gasteiger partial charge in [-0.1, -0.05) is 6.07 Å². The Morgan fingerprint density at radius 1 is 1.28 bits per heavy atom. The highest BCUT2D eigenvalue weighted by atomic mass is 16.5. The number of hydrogen-bond acceptors (Lipinski definition) is 5. The van der Waals surface area contributed by atoms with Crippen molar-refractivity contribution in [2.45, 2.75) is 65.3 Å². The highest BCUT2D eigenvalue weighted by Gasteiger charge is 2.14. The molecule has 2 atom stereocenters. The maximum absolute atomic E-state index is 11.9. The van der Waals surface area contributed by atoms with Crippen LogP contribution in [0.4, 0.5) is 5.69 Å². The molecule has 1 rings (SSSR count). The highest BCUT2D eigenvalue weighted by molar-refractivity contribution is 6.10. The van der Waals surface area contributed by atoms with Gasteiger partial charge in [0.05, 0.1) is 12.2 Å². The minimum Gasteiger partial charge on any atom is -0.380 e. The smallest absolute Gasteiger partial charge is 0.220 e. The highest BCUT2D eigenvalue weighted by Crippen LogP contribution is 2.29. The van der Waals surface area contributed by atoms with E-state index in [9.17, 15) is 9.70 Å². The van der Waals surface area contributed by atoms with Crippen LogP contribution in [-0.4, -0.2) is 32.5 Å². The van der Waals surface area contributed by atoms with Crippen LogP contribution in [-0.2, 0) is 20.8 Å². The molecule has 1 aromatic rings. The lowest BCUT2D eigenvalue weighted by Crippen LogP contribution is -2.23. The van der Waals surface area contributed by atoms with Gasteiger partial charge in [0.2, 0.25) is 5.91 Å². The molecule has 0 aromatic heterocycles. The SMILES string of the molecule is BC(C)OC(C)c1cc(CNC(=O)CCCOC(C)C)ccc1N=O. The van der Waals surface area contributed by atoms with E-state index in [-0.39, 0.29) is 24.1 Å². The second-order valence-electron chi connectivity index (χ2n) is 6.61. The summed E-state index contributed by atoms with van der Waals surface area (Å²) in [7, 11) is 1.94. The molecule has 0 bridgehead atoms. The maximum atomic E-state index is 11.9. The summed E-state index contributed by atoms with van der Waals surface area (Å²) in [5, 5.41) is 5.96. The fraction of sp³-hybridized carbons (Fsp3) is 0.611. The molecular formula is C18H29BN2O4. The van der Waals surface area contributed by atoms with Crippen molar-refractivity contribution in [1.29, 1.82) is 0 Å². The Balaban J connectivity index is 2.58. The molecule has 1 N–H and O–H groups in total. The van der Waals surface area contributed by atoms with E-state index in [1.54, 1.807) is 12.1 Å². The van der Waals surface area contributed by atoms with E-state index < -0.39 is 0 Å². The zero-order valence-corrected chi connectivity index (χ0v) is 15.9. The van der Waals surface area contributed by atoms with Gasteiger partial charge >= 0.3 is 0 Å². The third-order valence-electron chi connectivity index (χ3n) is 3.59. The molecule has 0 aliphatic rings. The topological polar surface area (TPSA) is 77.0 Å². The van der Waals surface area contributed by atoms with Crippen LogP contribution in [0, 0.1) is 4.91 Å². The Hall–Kier alpha value is -1.73. The summed E-state index contributed by atoms with van der Waals surface area (Å²) in [6.07, 6.45) is 1.07. The minimum absolute atomic E-state index is 0.0158. The predicted octanol–water partition coefficient (Wildman–Crippen LogP) is 2.96. The van der Waals surface area contributed by atoms with E-state index in [0.717, 1.165) is 11.1 Å². The standard InChI is InChI=1S/C18H29BN2O4/c1-12(2)24-9-5-6-18(22)20-11-15-7-8-17(21-23)16(10-15)13(3)25-14(4)19/h7-8,10,12-14H,5-6,9,11,19H2,1-4H3,(H,20,22). The number of carbonyl (C=O) groups is 1. The van der Waals surface area contributed by atoms with Crippen molar-refractivity contribution in [3.05, 3.63) is 34.2 Å². The van der Waals surface area contributed by atoms with E-state index in [1.807, 2.05) is 41.6 Å². The van der Waals surface area contributed by atoms with Crippen molar-refractivity contribution in [2.24, 2.45) is 5.18 Å². The number of carbonyl (C=O) groups excluding carboxylic acids is 1. The van der Waals surface area contributed by atoms with E-state index >= 15 is 0 Å². The number of hydrogen-bond donors (Lipinski definition) is 1. The Bertz CT molecular complexity index is 564. The van der Waals surface area contributed by atoms with Crippen molar-refractivity contribution in [2.75, 3.05) is 6.61 Å². The van der Waals surface area contributed by atoms with Crippen molar-refractivity contribution < 1.29 is 14.3 Å². The van der Waals surface area contributed by atoms with Crippen LogP contribution in [0.5, 0.6) is 0 Å². The zero-order chi connectivity index (χ0) is 18.8. The molecule has 2 unspecified atom stereocenters. The molecule has 1 aromatic carbocycles. The predicted molar refractivity (Wildman–Crippen MR) is 102 cm³/mol. The van der Waals surface area contributed by atoms with Crippen molar-refractivity contribution in [3.8, 4) is 0 Å². The molecule has 25 heavy (non-hydrogen) atoms. The summed E-state index contributed by atoms with van der Waals surface area (Å²) in [6, 6.07) is 5.38. The number of nitrogens with zero attached hydrogens (tertiary/aromatic N) is 1. The largest absolute Gasteiger partial charge is 0.380 e. The summed E-state index contributed by atoms with van der Waals surface area (Å²) in [4.78, 5) is 22.9. The Morgan fingerprint density at radius 2 is 2.00 bits per heavy atom. The van der Waals surface area contributed by atoms with Gasteiger partial charge in [0.1, 0.15) is 13.5 Å². The minimum atomic E-state index is -0.239. The van der Waals surface area contributed by atoms with Crippen molar-refractivity contribution >= 4 is 19.4 Å². The van der Waals surface area contributed by atoms with Crippen LogP contribution >= 0.6 is 0 Å². The van der Waals surface area contributed by atoms with Gasteiger partial charge in [-0.15, -0.1) is 4.91 Å². The van der Waals surface area contributed by atoms with E-state index in [0.29, 0.717) is 31.7 Å². The number of nitroso groups, excluding NO2 is 1. The average Bonchev–Trinajstić information content (AvgIpc) is 2.55. The fourth-order valence-electron chi connectivity index (χ4n) is 2.45. The van der Waals surface area contributed by atoms with Crippen LogP contribution in [0.15, 0.2) is 23.4 Å².